The zero-order valence-electron chi connectivity index (χ0n) is 29.7. The van der Waals surface area contributed by atoms with Crippen molar-refractivity contribution in [2.75, 3.05) is 6.16 Å². The van der Waals surface area contributed by atoms with Crippen molar-refractivity contribution in [1.82, 2.24) is 5.32 Å². The predicted octanol–water partition coefficient (Wildman–Crippen LogP) is 12.3. The van der Waals surface area contributed by atoms with Gasteiger partial charge in [-0.15, -0.1) is 0 Å². The van der Waals surface area contributed by atoms with Crippen molar-refractivity contribution in [1.29, 1.82) is 0 Å². The Morgan fingerprint density at radius 2 is 0.893 bits per heavy atom. The zero-order valence-corrected chi connectivity index (χ0v) is 30.6. The topological polar surface area (TPSA) is 29.1 Å². The molecule has 0 saturated carbocycles. The summed E-state index contributed by atoms with van der Waals surface area (Å²) in [6.45, 7) is 0. The van der Waals surface area contributed by atoms with Crippen LogP contribution in [-0.2, 0) is 12.4 Å². The number of halogens is 6. The van der Waals surface area contributed by atoms with Gasteiger partial charge >= 0.3 is 12.4 Å². The van der Waals surface area contributed by atoms with Gasteiger partial charge in [-0.05, 0) is 93.9 Å². The Balaban J connectivity index is 1.40. The number of nitrogens with one attached hydrogen (secondary N) is 1. The van der Waals surface area contributed by atoms with Crippen molar-refractivity contribution in [3.05, 3.63) is 204 Å². The van der Waals surface area contributed by atoms with Crippen molar-refractivity contribution in [2.24, 2.45) is 0 Å². The van der Waals surface area contributed by atoms with E-state index in [2.05, 4.69) is 23.5 Å². The van der Waals surface area contributed by atoms with E-state index in [9.17, 15) is 31.1 Å². The van der Waals surface area contributed by atoms with E-state index in [0.29, 0.717) is 23.9 Å². The summed E-state index contributed by atoms with van der Waals surface area (Å²) in [5.74, 6) is -1.06. The minimum Gasteiger partial charge on any atom is -0.345 e. The van der Waals surface area contributed by atoms with Gasteiger partial charge in [0.05, 0.1) is 17.2 Å². The van der Waals surface area contributed by atoms with Gasteiger partial charge in [-0.3, -0.25) is 4.79 Å². The molecule has 0 fully saturated rings. The number of benzene rings is 7. The lowest BCUT2D eigenvalue weighted by molar-refractivity contribution is -0.143. The van der Waals surface area contributed by atoms with E-state index in [4.69, 9.17) is 0 Å². The number of hydrogen-bond acceptors (Lipinski definition) is 1. The number of hydrogen-bond donors (Lipinski definition) is 1. The largest absolute Gasteiger partial charge is 0.416 e. The van der Waals surface area contributed by atoms with Crippen LogP contribution in [0.25, 0.3) is 33.4 Å². The second kappa shape index (κ2) is 16.4. The van der Waals surface area contributed by atoms with Crippen LogP contribution in [0.5, 0.6) is 0 Å². The molecular formula is C47H34F6NOP. The molecule has 1 amide bonds. The maximum Gasteiger partial charge on any atom is 0.416 e. The minimum absolute atomic E-state index is 0.0255. The molecule has 1 atom stereocenters. The van der Waals surface area contributed by atoms with Crippen molar-refractivity contribution in [2.45, 2.75) is 18.4 Å². The lowest BCUT2D eigenvalue weighted by Gasteiger charge is -2.28. The molecule has 0 saturated heterocycles. The first kappa shape index (κ1) is 38.3. The number of rotatable bonds is 10. The Labute approximate surface area is 322 Å². The summed E-state index contributed by atoms with van der Waals surface area (Å²) in [6.07, 6.45) is -9.93. The second-order valence-corrected chi connectivity index (χ2v) is 15.5. The third kappa shape index (κ3) is 8.93. The van der Waals surface area contributed by atoms with Crippen LogP contribution in [0.1, 0.15) is 33.1 Å². The van der Waals surface area contributed by atoms with Crippen LogP contribution in [0, 0.1) is 0 Å². The predicted molar refractivity (Wildman–Crippen MR) is 213 cm³/mol. The van der Waals surface area contributed by atoms with Gasteiger partial charge in [-0.25, -0.2) is 0 Å². The molecule has 9 heteroatoms. The molecular weight excluding hydrogens is 739 g/mol. The highest BCUT2D eigenvalue weighted by atomic mass is 31.1. The molecule has 56 heavy (non-hydrogen) atoms. The van der Waals surface area contributed by atoms with Crippen molar-refractivity contribution in [3.63, 3.8) is 0 Å². The molecule has 2 nitrogen and oxygen atoms in total. The van der Waals surface area contributed by atoms with Crippen molar-refractivity contribution < 1.29 is 31.1 Å². The fourth-order valence-corrected chi connectivity index (χ4v) is 9.19. The van der Waals surface area contributed by atoms with Gasteiger partial charge in [0.25, 0.3) is 5.91 Å². The van der Waals surface area contributed by atoms with E-state index >= 15 is 0 Å². The van der Waals surface area contributed by atoms with E-state index in [1.807, 2.05) is 146 Å². The molecule has 7 aromatic rings. The maximum absolute atomic E-state index is 14.1. The third-order valence-corrected chi connectivity index (χ3v) is 12.0. The molecule has 1 N–H and O–H groups in total. The van der Waals surface area contributed by atoms with Gasteiger partial charge in [0, 0.05) is 11.7 Å². The average Bonchev–Trinajstić information content (AvgIpc) is 3.22. The summed E-state index contributed by atoms with van der Waals surface area (Å²) in [5.41, 5.74) is 2.22. The smallest absolute Gasteiger partial charge is 0.345 e. The van der Waals surface area contributed by atoms with Gasteiger partial charge in [0.1, 0.15) is 0 Å². The fourth-order valence-electron chi connectivity index (χ4n) is 6.75. The number of amides is 1. The first-order valence-corrected chi connectivity index (χ1v) is 19.3. The molecule has 0 aromatic heterocycles. The van der Waals surface area contributed by atoms with E-state index in [1.165, 1.54) is 0 Å². The first-order valence-electron chi connectivity index (χ1n) is 17.8. The van der Waals surface area contributed by atoms with Gasteiger partial charge in [0.2, 0.25) is 0 Å². The minimum atomic E-state index is -5.11. The summed E-state index contributed by atoms with van der Waals surface area (Å²) in [5, 5.41) is 4.90. The van der Waals surface area contributed by atoms with Crippen LogP contribution in [0.3, 0.4) is 0 Å². The molecule has 280 valence electrons. The van der Waals surface area contributed by atoms with Crippen LogP contribution in [0.2, 0.25) is 0 Å². The number of carbonyl (C=O) groups excluding carboxylic acids is 1. The number of alkyl halides is 6. The highest BCUT2D eigenvalue weighted by Crippen LogP contribution is 2.42. The monoisotopic (exact) mass is 773 g/mol. The molecule has 7 rings (SSSR count). The normalized spacial score (nSPS) is 12.3. The fraction of sp³-hybridized carbons (Fsp3) is 0.0851. The first-order chi connectivity index (χ1) is 26.9. The Bertz CT molecular complexity index is 2290. The van der Waals surface area contributed by atoms with Crippen molar-refractivity contribution in [3.8, 4) is 33.4 Å². The summed E-state index contributed by atoms with van der Waals surface area (Å²) < 4.78 is 83.6. The van der Waals surface area contributed by atoms with Crippen LogP contribution in [0.4, 0.5) is 26.3 Å². The average molecular weight is 774 g/mol. The summed E-state index contributed by atoms with van der Waals surface area (Å²) >= 11 is 0. The Morgan fingerprint density at radius 1 is 0.482 bits per heavy atom. The lowest BCUT2D eigenvalue weighted by Crippen LogP contribution is -2.33. The van der Waals surface area contributed by atoms with E-state index in [-0.39, 0.29) is 6.07 Å². The summed E-state index contributed by atoms with van der Waals surface area (Å²) in [4.78, 5) is 14.1. The quantitative estimate of drug-likeness (QED) is 0.109. The molecule has 0 aliphatic carbocycles. The third-order valence-electron chi connectivity index (χ3n) is 9.45. The van der Waals surface area contributed by atoms with Crippen LogP contribution < -0.4 is 15.9 Å². The van der Waals surface area contributed by atoms with E-state index < -0.39 is 48.9 Å². The molecule has 0 aliphatic heterocycles. The highest BCUT2D eigenvalue weighted by molar-refractivity contribution is 7.73. The summed E-state index contributed by atoms with van der Waals surface area (Å²) in [7, 11) is -1.20. The van der Waals surface area contributed by atoms with Gasteiger partial charge in [-0.2, -0.15) is 26.3 Å². The number of carbonyl (C=O) groups is 1. The highest BCUT2D eigenvalue weighted by Gasteiger charge is 2.38. The molecule has 0 radical (unpaired) electrons. The Hall–Kier alpha value is -5.98. The Morgan fingerprint density at radius 3 is 1.36 bits per heavy atom. The van der Waals surface area contributed by atoms with Crippen molar-refractivity contribution >= 4 is 24.4 Å². The Kier molecular flexibility index (Phi) is 11.2. The summed E-state index contributed by atoms with van der Waals surface area (Å²) in [6, 6.07) is 52.9. The maximum atomic E-state index is 14.1. The standard InChI is InChI=1S/C47H34F6NOP/c48-46(49,50)38-28-37(29-39(30-38)47(51,52)53)45(55)54-44(31-56(40-19-9-3-10-20-40)41-21-11-4-12-22-41)43-24-14-13-23-42(43)36-26-34(32-15-5-1-6-16-32)25-35(27-36)33-17-7-2-8-18-33/h1-30,44H,31H2,(H,54,55)/t44-/m1/s1. The van der Waals surface area contributed by atoms with Gasteiger partial charge in [0.15, 0.2) is 0 Å². The second-order valence-electron chi connectivity index (χ2n) is 13.2. The van der Waals surface area contributed by atoms with Gasteiger partial charge < -0.3 is 5.32 Å². The SMILES string of the molecule is O=C(N[C@H](CP(c1ccccc1)c1ccccc1)c1ccccc1-c1cc(-c2ccccc2)cc(-c2ccccc2)c1)c1cc(C(F)(F)F)cc(C(F)(F)F)c1. The molecule has 7 aromatic carbocycles. The van der Waals surface area contributed by atoms with Crippen LogP contribution >= 0.6 is 7.92 Å². The van der Waals surface area contributed by atoms with E-state index in [1.54, 1.807) is 0 Å². The zero-order chi connectivity index (χ0) is 39.3. The molecule has 0 unspecified atom stereocenters. The lowest BCUT2D eigenvalue weighted by atomic mass is 9.90. The molecule has 0 spiro atoms. The molecule has 0 bridgehead atoms. The van der Waals surface area contributed by atoms with Crippen LogP contribution in [-0.4, -0.2) is 12.1 Å². The van der Waals surface area contributed by atoms with Gasteiger partial charge in [-0.1, -0.05) is 146 Å². The molecule has 0 aliphatic rings. The van der Waals surface area contributed by atoms with E-state index in [0.717, 1.165) is 44.0 Å². The molecule has 0 heterocycles. The van der Waals surface area contributed by atoms with Crippen LogP contribution in [0.15, 0.2) is 182 Å².